The average molecular weight is 481 g/mol. The van der Waals surface area contributed by atoms with E-state index in [1.807, 2.05) is 48.4 Å². The van der Waals surface area contributed by atoms with Crippen LogP contribution in [0.15, 0.2) is 66.0 Å². The number of fused-ring (bicyclic) bond motifs is 1. The molecule has 1 aliphatic rings. The van der Waals surface area contributed by atoms with Crippen LogP contribution in [0.25, 0.3) is 0 Å². The fraction of sp³-hybridized carbons (Fsp3) is 0.333. The highest BCUT2D eigenvalue weighted by Gasteiger charge is 2.34. The van der Waals surface area contributed by atoms with E-state index in [0.717, 1.165) is 18.4 Å². The van der Waals surface area contributed by atoms with Gasteiger partial charge in [-0.1, -0.05) is 31.2 Å². The molecule has 0 bridgehead atoms. The number of rotatable bonds is 8. The zero-order valence-corrected chi connectivity index (χ0v) is 20.3. The molecule has 2 aromatic carbocycles. The molecule has 0 radical (unpaired) electrons. The molecule has 4 rings (SSSR count). The summed E-state index contributed by atoms with van der Waals surface area (Å²) < 4.78 is 19.5. The van der Waals surface area contributed by atoms with Crippen molar-refractivity contribution in [3.8, 4) is 5.75 Å². The van der Waals surface area contributed by atoms with Crippen LogP contribution in [-0.4, -0.2) is 47.4 Å². The summed E-state index contributed by atoms with van der Waals surface area (Å²) >= 11 is 1.67. The van der Waals surface area contributed by atoms with Gasteiger partial charge in [0.2, 0.25) is 5.91 Å². The van der Waals surface area contributed by atoms with Gasteiger partial charge in [-0.2, -0.15) is 0 Å². The number of hydrogen-bond donors (Lipinski definition) is 0. The predicted octanol–water partition coefficient (Wildman–Crippen LogP) is 5.33. The van der Waals surface area contributed by atoms with Crippen molar-refractivity contribution in [3.05, 3.63) is 87.9 Å². The van der Waals surface area contributed by atoms with E-state index in [0.29, 0.717) is 17.9 Å². The molecule has 1 aromatic heterocycles. The normalized spacial score (nSPS) is 16.0. The van der Waals surface area contributed by atoms with Gasteiger partial charge in [0.1, 0.15) is 24.7 Å². The highest BCUT2D eigenvalue weighted by atomic mass is 32.1. The van der Waals surface area contributed by atoms with E-state index in [2.05, 4.69) is 0 Å². The van der Waals surface area contributed by atoms with Gasteiger partial charge in [-0.3, -0.25) is 9.59 Å². The Morgan fingerprint density at radius 1 is 1.18 bits per heavy atom. The minimum absolute atomic E-state index is 0.00132. The van der Waals surface area contributed by atoms with Crippen molar-refractivity contribution in [1.82, 2.24) is 9.80 Å². The minimum Gasteiger partial charge on any atom is -0.491 e. The topological polar surface area (TPSA) is 49.9 Å². The van der Waals surface area contributed by atoms with Crippen LogP contribution in [0.4, 0.5) is 4.39 Å². The maximum atomic E-state index is 13.6. The van der Waals surface area contributed by atoms with Gasteiger partial charge in [-0.15, -0.1) is 11.3 Å². The molecule has 5 nitrogen and oxygen atoms in total. The second kappa shape index (κ2) is 10.8. The molecule has 0 fully saturated rings. The van der Waals surface area contributed by atoms with Crippen LogP contribution >= 0.6 is 11.3 Å². The van der Waals surface area contributed by atoms with Crippen molar-refractivity contribution in [1.29, 1.82) is 0 Å². The zero-order chi connectivity index (χ0) is 24.1. The first-order valence-electron chi connectivity index (χ1n) is 11.6. The third-order valence-corrected chi connectivity index (χ3v) is 7.33. The monoisotopic (exact) mass is 480 g/mol. The van der Waals surface area contributed by atoms with Crippen molar-refractivity contribution in [2.75, 3.05) is 19.7 Å². The summed E-state index contributed by atoms with van der Waals surface area (Å²) in [5.41, 5.74) is 1.63. The first kappa shape index (κ1) is 24.0. The lowest BCUT2D eigenvalue weighted by molar-refractivity contribution is -0.136. The Morgan fingerprint density at radius 3 is 2.71 bits per heavy atom. The van der Waals surface area contributed by atoms with Crippen LogP contribution in [-0.2, 0) is 11.2 Å². The summed E-state index contributed by atoms with van der Waals surface area (Å²) in [6.07, 6.45) is 1.51. The number of nitrogens with zero attached hydrogens (tertiary/aromatic N) is 2. The van der Waals surface area contributed by atoms with E-state index in [9.17, 15) is 14.0 Å². The van der Waals surface area contributed by atoms with E-state index >= 15 is 0 Å². The lowest BCUT2D eigenvalue weighted by Crippen LogP contribution is -2.49. The highest BCUT2D eigenvalue weighted by molar-refractivity contribution is 7.10. The maximum Gasteiger partial charge on any atom is 0.254 e. The quantitative estimate of drug-likeness (QED) is 0.438. The highest BCUT2D eigenvalue weighted by Crippen LogP contribution is 2.34. The summed E-state index contributed by atoms with van der Waals surface area (Å²) in [6.45, 7) is 4.74. The fourth-order valence-electron chi connectivity index (χ4n) is 4.24. The van der Waals surface area contributed by atoms with Crippen LogP contribution in [0, 0.1) is 5.82 Å². The van der Waals surface area contributed by atoms with Gasteiger partial charge < -0.3 is 14.5 Å². The molecule has 0 saturated carbocycles. The van der Waals surface area contributed by atoms with Crippen LogP contribution < -0.4 is 4.74 Å². The summed E-state index contributed by atoms with van der Waals surface area (Å²) in [7, 11) is 0. The van der Waals surface area contributed by atoms with E-state index < -0.39 is 0 Å². The molecule has 0 N–H and O–H groups in total. The Labute approximate surface area is 203 Å². The molecule has 0 unspecified atom stereocenters. The molecule has 178 valence electrons. The van der Waals surface area contributed by atoms with E-state index in [-0.39, 0.29) is 42.9 Å². The van der Waals surface area contributed by atoms with Gasteiger partial charge in [-0.05, 0) is 61.0 Å². The first-order chi connectivity index (χ1) is 16.5. The molecule has 0 aliphatic carbocycles. The Hall–Kier alpha value is -3.19. The molecule has 3 aromatic rings. The second-order valence-corrected chi connectivity index (χ2v) is 9.48. The molecule has 7 heteroatoms. The van der Waals surface area contributed by atoms with Gasteiger partial charge in [0, 0.05) is 29.1 Å². The van der Waals surface area contributed by atoms with E-state index in [1.165, 1.54) is 17.0 Å². The minimum atomic E-state index is -0.367. The third kappa shape index (κ3) is 5.30. The number of carbonyl (C=O) groups excluding carboxylic acids is 2. The van der Waals surface area contributed by atoms with Crippen molar-refractivity contribution in [3.63, 3.8) is 0 Å². The lowest BCUT2D eigenvalue weighted by atomic mass is 10.00. The summed E-state index contributed by atoms with van der Waals surface area (Å²) in [5, 5.41) is 2.03. The SMILES string of the molecule is CC[C@@H](C)N(CC(=O)N1CCc2sccc2[C@@H]1COc1cccc(F)c1)C(=O)c1ccccc1. The number of ether oxygens (including phenoxy) is 1. The zero-order valence-electron chi connectivity index (χ0n) is 19.4. The largest absolute Gasteiger partial charge is 0.491 e. The number of hydrogen-bond acceptors (Lipinski definition) is 4. The molecular formula is C27H29FN2O3S. The average Bonchev–Trinajstić information content (AvgIpc) is 3.34. The molecule has 2 atom stereocenters. The molecule has 0 spiro atoms. The number of amides is 2. The summed E-state index contributed by atoms with van der Waals surface area (Å²) in [6, 6.07) is 16.7. The standard InChI is InChI=1S/C27H29FN2O3S/c1-3-19(2)30(27(32)20-8-5-4-6-9-20)17-26(31)29-14-12-25-23(13-15-34-25)24(29)18-33-22-11-7-10-21(28)16-22/h4-11,13,15-16,19,24H,3,12,14,17-18H2,1-2H3/t19-,24+/m1/s1. The smallest absolute Gasteiger partial charge is 0.254 e. The molecular weight excluding hydrogens is 451 g/mol. The van der Waals surface area contributed by atoms with Gasteiger partial charge in [-0.25, -0.2) is 4.39 Å². The van der Waals surface area contributed by atoms with Crippen LogP contribution in [0.1, 0.15) is 47.1 Å². The molecule has 34 heavy (non-hydrogen) atoms. The maximum absolute atomic E-state index is 13.6. The van der Waals surface area contributed by atoms with Gasteiger partial charge in [0.05, 0.1) is 6.04 Å². The predicted molar refractivity (Wildman–Crippen MR) is 132 cm³/mol. The Kier molecular flexibility index (Phi) is 7.63. The second-order valence-electron chi connectivity index (χ2n) is 8.48. The van der Waals surface area contributed by atoms with Gasteiger partial charge in [0.25, 0.3) is 5.91 Å². The van der Waals surface area contributed by atoms with Crippen molar-refractivity contribution < 1.29 is 18.7 Å². The number of thiophene rings is 1. The molecule has 2 heterocycles. The lowest BCUT2D eigenvalue weighted by Gasteiger charge is -2.38. The first-order valence-corrected chi connectivity index (χ1v) is 12.5. The fourth-order valence-corrected chi connectivity index (χ4v) is 5.17. The Balaban J connectivity index is 1.54. The van der Waals surface area contributed by atoms with Crippen molar-refractivity contribution in [2.45, 2.75) is 38.8 Å². The molecule has 1 aliphatic heterocycles. The number of halogens is 1. The Morgan fingerprint density at radius 2 is 1.97 bits per heavy atom. The molecule has 0 saturated heterocycles. The number of benzene rings is 2. The van der Waals surface area contributed by atoms with E-state index in [1.54, 1.807) is 40.5 Å². The van der Waals surface area contributed by atoms with Crippen LogP contribution in [0.2, 0.25) is 0 Å². The van der Waals surface area contributed by atoms with Crippen molar-refractivity contribution >= 4 is 23.2 Å². The molecule has 2 amide bonds. The van der Waals surface area contributed by atoms with Crippen molar-refractivity contribution in [2.24, 2.45) is 0 Å². The van der Waals surface area contributed by atoms with Gasteiger partial charge >= 0.3 is 0 Å². The van der Waals surface area contributed by atoms with Crippen LogP contribution in [0.3, 0.4) is 0 Å². The van der Waals surface area contributed by atoms with E-state index in [4.69, 9.17) is 4.74 Å². The number of carbonyl (C=O) groups is 2. The summed E-state index contributed by atoms with van der Waals surface area (Å²) in [5.74, 6) is -0.206. The van der Waals surface area contributed by atoms with Gasteiger partial charge in [0.15, 0.2) is 0 Å². The summed E-state index contributed by atoms with van der Waals surface area (Å²) in [4.78, 5) is 31.5. The third-order valence-electron chi connectivity index (χ3n) is 6.33. The Bertz CT molecular complexity index is 1130. The van der Waals surface area contributed by atoms with Crippen LogP contribution in [0.5, 0.6) is 5.75 Å².